The Bertz CT molecular complexity index is 411. The van der Waals surface area contributed by atoms with E-state index in [0.717, 1.165) is 0 Å². The van der Waals surface area contributed by atoms with Crippen LogP contribution >= 0.6 is 31.9 Å². The van der Waals surface area contributed by atoms with E-state index in [9.17, 15) is 4.79 Å². The van der Waals surface area contributed by atoms with Crippen LogP contribution < -0.4 is 11.1 Å². The summed E-state index contributed by atoms with van der Waals surface area (Å²) in [5.74, 6) is 0.489. The van der Waals surface area contributed by atoms with Crippen LogP contribution in [0.1, 0.15) is 20.3 Å². The molecular formula is C10H14Br2N4O. The minimum atomic E-state index is -0.535. The number of hydrogen-bond acceptors (Lipinski definition) is 4. The zero-order valence-corrected chi connectivity index (χ0v) is 12.7. The number of aromatic nitrogens is 2. The normalized spacial score (nSPS) is 12.6. The van der Waals surface area contributed by atoms with Crippen molar-refractivity contribution in [1.29, 1.82) is 0 Å². The molecule has 1 aromatic heterocycles. The monoisotopic (exact) mass is 364 g/mol. The van der Waals surface area contributed by atoms with Gasteiger partial charge in [-0.25, -0.2) is 9.97 Å². The minimum Gasteiger partial charge on any atom is -0.320 e. The fourth-order valence-corrected chi connectivity index (χ4v) is 2.17. The maximum absolute atomic E-state index is 11.7. The Labute approximate surface area is 117 Å². The van der Waals surface area contributed by atoms with Crippen molar-refractivity contribution in [1.82, 2.24) is 9.97 Å². The molecule has 0 spiro atoms. The summed E-state index contributed by atoms with van der Waals surface area (Å²) in [7, 11) is 0. The Balaban J connectivity index is 2.67. The average Bonchev–Trinajstić information content (AvgIpc) is 2.21. The molecule has 1 amide bonds. The lowest BCUT2D eigenvalue weighted by atomic mass is 10.0. The number of halogens is 2. The number of carbonyl (C=O) groups is 1. The third kappa shape index (κ3) is 4.69. The van der Waals surface area contributed by atoms with Gasteiger partial charge in [0.1, 0.15) is 9.21 Å². The van der Waals surface area contributed by atoms with Crippen LogP contribution in [0.4, 0.5) is 5.82 Å². The molecule has 3 N–H and O–H groups in total. The quantitative estimate of drug-likeness (QED) is 0.857. The highest BCUT2D eigenvalue weighted by Crippen LogP contribution is 2.19. The van der Waals surface area contributed by atoms with Crippen LogP contribution in [0, 0.1) is 5.92 Å². The summed E-state index contributed by atoms with van der Waals surface area (Å²) in [5, 5.41) is 2.64. The molecule has 0 aliphatic rings. The van der Waals surface area contributed by atoms with Crippen molar-refractivity contribution in [3.63, 3.8) is 0 Å². The van der Waals surface area contributed by atoms with Gasteiger partial charge in [-0.15, -0.1) is 0 Å². The first-order valence-electron chi connectivity index (χ1n) is 5.14. The number of rotatable bonds is 4. The first-order chi connectivity index (χ1) is 7.90. The third-order valence-electron chi connectivity index (χ3n) is 2.00. The van der Waals surface area contributed by atoms with Crippen molar-refractivity contribution < 1.29 is 4.79 Å². The zero-order chi connectivity index (χ0) is 13.0. The van der Waals surface area contributed by atoms with E-state index < -0.39 is 6.04 Å². The molecule has 7 heteroatoms. The van der Waals surface area contributed by atoms with Gasteiger partial charge in [-0.2, -0.15) is 0 Å². The van der Waals surface area contributed by atoms with Gasteiger partial charge < -0.3 is 11.1 Å². The molecule has 1 atom stereocenters. The Kier molecular flexibility index (Phi) is 5.48. The van der Waals surface area contributed by atoms with E-state index in [-0.39, 0.29) is 5.91 Å². The number of nitrogens with zero attached hydrogens (tertiary/aromatic N) is 2. The lowest BCUT2D eigenvalue weighted by Crippen LogP contribution is -2.37. The predicted molar refractivity (Wildman–Crippen MR) is 73.5 cm³/mol. The molecule has 17 heavy (non-hydrogen) atoms. The lowest BCUT2D eigenvalue weighted by molar-refractivity contribution is -0.117. The van der Waals surface area contributed by atoms with Crippen molar-refractivity contribution >= 4 is 43.6 Å². The van der Waals surface area contributed by atoms with Gasteiger partial charge in [0, 0.05) is 0 Å². The highest BCUT2D eigenvalue weighted by molar-refractivity contribution is 9.11. The smallest absolute Gasteiger partial charge is 0.242 e. The van der Waals surface area contributed by atoms with Gasteiger partial charge in [-0.1, -0.05) is 13.8 Å². The Hall–Kier alpha value is -0.530. The third-order valence-corrected chi connectivity index (χ3v) is 2.94. The molecule has 1 heterocycles. The fraction of sp³-hybridized carbons (Fsp3) is 0.500. The molecule has 1 rings (SSSR count). The fourth-order valence-electron chi connectivity index (χ4n) is 1.25. The van der Waals surface area contributed by atoms with E-state index in [4.69, 9.17) is 5.73 Å². The van der Waals surface area contributed by atoms with Gasteiger partial charge in [0.25, 0.3) is 0 Å². The summed E-state index contributed by atoms with van der Waals surface area (Å²) in [6.07, 6.45) is 2.14. The summed E-state index contributed by atoms with van der Waals surface area (Å²) in [5.41, 5.74) is 5.76. The summed E-state index contributed by atoms with van der Waals surface area (Å²) >= 11 is 6.40. The number of carbonyl (C=O) groups excluding carboxylic acids is 1. The molecule has 0 aromatic carbocycles. The lowest BCUT2D eigenvalue weighted by Gasteiger charge is -2.14. The van der Waals surface area contributed by atoms with Crippen molar-refractivity contribution in [3.8, 4) is 0 Å². The van der Waals surface area contributed by atoms with E-state index in [1.54, 1.807) is 0 Å². The van der Waals surface area contributed by atoms with E-state index in [1.165, 1.54) is 6.20 Å². The van der Waals surface area contributed by atoms with Gasteiger partial charge in [0.05, 0.1) is 12.2 Å². The maximum Gasteiger partial charge on any atom is 0.242 e. The second kappa shape index (κ2) is 6.42. The van der Waals surface area contributed by atoms with E-state index in [2.05, 4.69) is 47.1 Å². The Morgan fingerprint density at radius 3 is 2.71 bits per heavy atom. The van der Waals surface area contributed by atoms with Crippen molar-refractivity contribution in [2.75, 3.05) is 5.32 Å². The van der Waals surface area contributed by atoms with Crippen molar-refractivity contribution in [2.24, 2.45) is 11.7 Å². The van der Waals surface area contributed by atoms with Crippen LogP contribution in [0.3, 0.4) is 0 Å². The average molecular weight is 366 g/mol. The zero-order valence-electron chi connectivity index (χ0n) is 9.58. The molecule has 0 aliphatic carbocycles. The highest BCUT2D eigenvalue weighted by atomic mass is 79.9. The second-order valence-electron chi connectivity index (χ2n) is 4.06. The van der Waals surface area contributed by atoms with Crippen LogP contribution in [0.15, 0.2) is 15.4 Å². The number of nitrogens with one attached hydrogen (secondary N) is 1. The maximum atomic E-state index is 11.7. The summed E-state index contributed by atoms with van der Waals surface area (Å²) < 4.78 is 1.06. The summed E-state index contributed by atoms with van der Waals surface area (Å²) in [6, 6.07) is -0.535. The van der Waals surface area contributed by atoms with E-state index in [0.29, 0.717) is 27.4 Å². The molecule has 94 valence electrons. The van der Waals surface area contributed by atoms with E-state index in [1.807, 2.05) is 13.8 Å². The standard InChI is InChI=1S/C10H14Br2N4O/c1-5(2)3-6(13)10(17)16-9-8(12)15-7(11)4-14-9/h4-6H,3,13H2,1-2H3,(H,14,16,17)/t6-/m1/s1. The first kappa shape index (κ1) is 14.5. The van der Waals surface area contributed by atoms with Gasteiger partial charge >= 0.3 is 0 Å². The summed E-state index contributed by atoms with van der Waals surface area (Å²) in [6.45, 7) is 4.03. The number of amides is 1. The molecule has 0 saturated heterocycles. The molecule has 0 saturated carbocycles. The molecule has 0 radical (unpaired) electrons. The molecular weight excluding hydrogens is 352 g/mol. The molecule has 0 unspecified atom stereocenters. The SMILES string of the molecule is CC(C)C[C@@H](N)C(=O)Nc1ncc(Br)nc1Br. The van der Waals surface area contributed by atoms with Crippen molar-refractivity contribution in [2.45, 2.75) is 26.3 Å². The van der Waals surface area contributed by atoms with E-state index >= 15 is 0 Å². The van der Waals surface area contributed by atoms with Crippen LogP contribution in [0.5, 0.6) is 0 Å². The molecule has 1 aromatic rings. The number of anilines is 1. The molecule has 0 bridgehead atoms. The van der Waals surface area contributed by atoms with Gasteiger partial charge in [-0.05, 0) is 44.2 Å². The van der Waals surface area contributed by atoms with Crippen LogP contribution in [0.2, 0.25) is 0 Å². The molecule has 0 fully saturated rings. The number of nitrogens with two attached hydrogens (primary N) is 1. The predicted octanol–water partition coefficient (Wildman–Crippen LogP) is 2.31. The summed E-state index contributed by atoms with van der Waals surface area (Å²) in [4.78, 5) is 19.8. The van der Waals surface area contributed by atoms with Crippen molar-refractivity contribution in [3.05, 3.63) is 15.4 Å². The first-order valence-corrected chi connectivity index (χ1v) is 6.73. The minimum absolute atomic E-state index is 0.254. The highest BCUT2D eigenvalue weighted by Gasteiger charge is 2.17. The second-order valence-corrected chi connectivity index (χ2v) is 5.62. The topological polar surface area (TPSA) is 80.9 Å². The largest absolute Gasteiger partial charge is 0.320 e. The van der Waals surface area contributed by atoms with Crippen LogP contribution in [-0.2, 0) is 4.79 Å². The van der Waals surface area contributed by atoms with Crippen LogP contribution in [0.25, 0.3) is 0 Å². The van der Waals surface area contributed by atoms with Gasteiger partial charge in [0.15, 0.2) is 5.82 Å². The Morgan fingerprint density at radius 1 is 1.53 bits per heavy atom. The Morgan fingerprint density at radius 2 is 2.18 bits per heavy atom. The van der Waals surface area contributed by atoms with Crippen LogP contribution in [-0.4, -0.2) is 21.9 Å². The van der Waals surface area contributed by atoms with Gasteiger partial charge in [-0.3, -0.25) is 4.79 Å². The molecule has 5 nitrogen and oxygen atoms in total. The molecule has 0 aliphatic heterocycles. The van der Waals surface area contributed by atoms with Gasteiger partial charge in [0.2, 0.25) is 5.91 Å². The number of hydrogen-bond donors (Lipinski definition) is 2.